The Bertz CT molecular complexity index is 1660. The number of carbonyl (C=O) groups excluding carboxylic acids is 1. The van der Waals surface area contributed by atoms with E-state index >= 15 is 0 Å². The second kappa shape index (κ2) is 12.5. The molecule has 0 saturated heterocycles. The second-order valence-electron chi connectivity index (χ2n) is 10.1. The molecular formula is C34H33N3O4. The topological polar surface area (TPSA) is 92.9 Å². The molecule has 0 spiro atoms. The van der Waals surface area contributed by atoms with Crippen LogP contribution in [0.4, 0.5) is 4.79 Å². The number of carboxylic acid groups (broad SMARTS) is 1. The number of rotatable bonds is 10. The van der Waals surface area contributed by atoms with E-state index in [0.29, 0.717) is 12.1 Å². The lowest BCUT2D eigenvalue weighted by Gasteiger charge is -2.21. The number of aromatic carboxylic acids is 1. The van der Waals surface area contributed by atoms with Crippen LogP contribution in [-0.4, -0.2) is 26.6 Å². The van der Waals surface area contributed by atoms with Crippen molar-refractivity contribution in [2.75, 3.05) is 0 Å². The largest absolute Gasteiger partial charge is 0.478 e. The van der Waals surface area contributed by atoms with Crippen molar-refractivity contribution in [1.82, 2.24) is 14.7 Å². The first kappa shape index (κ1) is 27.6. The van der Waals surface area contributed by atoms with Gasteiger partial charge in [0, 0.05) is 12.7 Å². The Kier molecular flexibility index (Phi) is 8.44. The van der Waals surface area contributed by atoms with Gasteiger partial charge in [-0.1, -0.05) is 92.2 Å². The van der Waals surface area contributed by atoms with Crippen LogP contribution in [0.1, 0.15) is 64.3 Å². The Morgan fingerprint density at radius 1 is 0.951 bits per heavy atom. The number of alkyl carbamates (subject to hydrolysis) is 1. The van der Waals surface area contributed by atoms with Crippen LogP contribution in [0.3, 0.4) is 0 Å². The van der Waals surface area contributed by atoms with Gasteiger partial charge in [0.2, 0.25) is 0 Å². The minimum Gasteiger partial charge on any atom is -0.478 e. The van der Waals surface area contributed by atoms with Crippen molar-refractivity contribution in [2.45, 2.75) is 45.8 Å². The Balaban J connectivity index is 1.51. The van der Waals surface area contributed by atoms with Crippen molar-refractivity contribution in [3.05, 3.63) is 131 Å². The van der Waals surface area contributed by atoms with Crippen molar-refractivity contribution >= 4 is 17.7 Å². The van der Waals surface area contributed by atoms with Crippen LogP contribution in [0.5, 0.6) is 0 Å². The predicted octanol–water partition coefficient (Wildman–Crippen LogP) is 7.37. The molecule has 5 aromatic rings. The lowest BCUT2D eigenvalue weighted by Crippen LogP contribution is -2.26. The molecule has 7 heteroatoms. The van der Waals surface area contributed by atoms with Gasteiger partial charge in [0.25, 0.3) is 0 Å². The molecule has 2 N–H and O–H groups in total. The maximum absolute atomic E-state index is 13.1. The van der Waals surface area contributed by atoms with Gasteiger partial charge in [-0.05, 0) is 59.7 Å². The van der Waals surface area contributed by atoms with E-state index in [-0.39, 0.29) is 5.56 Å². The van der Waals surface area contributed by atoms with E-state index < -0.39 is 18.2 Å². The number of aromatic nitrogens is 2. The highest BCUT2D eigenvalue weighted by Gasteiger charge is 2.24. The predicted molar refractivity (Wildman–Crippen MR) is 159 cm³/mol. The summed E-state index contributed by atoms with van der Waals surface area (Å²) >= 11 is 0. The van der Waals surface area contributed by atoms with E-state index in [1.165, 1.54) is 0 Å². The van der Waals surface area contributed by atoms with Crippen molar-refractivity contribution in [1.29, 1.82) is 0 Å². The SMILES string of the molecule is CCCCc1cn2c(C(OC(=O)NCc3ccccc3)c3ccc(-c4ccccc4C(=O)O)cc3)ccc(C)c2n1. The minimum absolute atomic E-state index is 0.228. The van der Waals surface area contributed by atoms with Gasteiger partial charge in [-0.15, -0.1) is 0 Å². The van der Waals surface area contributed by atoms with Crippen LogP contribution < -0.4 is 5.32 Å². The summed E-state index contributed by atoms with van der Waals surface area (Å²) in [5.41, 5.74) is 6.97. The number of carbonyl (C=O) groups is 2. The van der Waals surface area contributed by atoms with Gasteiger partial charge in [-0.2, -0.15) is 0 Å². The van der Waals surface area contributed by atoms with Crippen molar-refractivity contribution in [2.24, 2.45) is 0 Å². The van der Waals surface area contributed by atoms with Gasteiger partial charge < -0.3 is 15.2 Å². The first-order valence-electron chi connectivity index (χ1n) is 13.8. The van der Waals surface area contributed by atoms with Crippen LogP contribution in [0, 0.1) is 6.92 Å². The number of pyridine rings is 1. The molecule has 3 aromatic carbocycles. The zero-order valence-corrected chi connectivity index (χ0v) is 23.2. The lowest BCUT2D eigenvalue weighted by molar-refractivity contribution is 0.0697. The summed E-state index contributed by atoms with van der Waals surface area (Å²) in [6, 6.07) is 28.0. The fourth-order valence-electron chi connectivity index (χ4n) is 4.94. The number of carboxylic acids is 1. The first-order valence-corrected chi connectivity index (χ1v) is 13.8. The van der Waals surface area contributed by atoms with Gasteiger partial charge in [-0.25, -0.2) is 14.6 Å². The summed E-state index contributed by atoms with van der Waals surface area (Å²) in [7, 11) is 0. The maximum Gasteiger partial charge on any atom is 0.408 e. The monoisotopic (exact) mass is 547 g/mol. The third-order valence-corrected chi connectivity index (χ3v) is 7.13. The normalized spacial score (nSPS) is 11.8. The minimum atomic E-state index is -0.984. The fourth-order valence-corrected chi connectivity index (χ4v) is 4.94. The van der Waals surface area contributed by atoms with Crippen LogP contribution in [0.2, 0.25) is 0 Å². The van der Waals surface area contributed by atoms with E-state index in [1.54, 1.807) is 18.2 Å². The Morgan fingerprint density at radius 2 is 1.68 bits per heavy atom. The molecule has 0 fully saturated rings. The smallest absolute Gasteiger partial charge is 0.408 e. The number of aryl methyl sites for hydroxylation is 2. The third-order valence-electron chi connectivity index (χ3n) is 7.13. The number of amides is 1. The van der Waals surface area contributed by atoms with Gasteiger partial charge in [0.15, 0.2) is 6.10 Å². The standard InChI is InChI=1S/C34H33N3O4/c1-3-4-12-27-22-37-30(20-15-23(2)32(37)36-27)31(41-34(40)35-21-24-10-6-5-7-11-24)26-18-16-25(17-19-26)28-13-8-9-14-29(28)33(38)39/h5-11,13-20,22,31H,3-4,12,21H2,1-2H3,(H,35,40)(H,38,39). The lowest BCUT2D eigenvalue weighted by atomic mass is 9.97. The number of benzene rings is 3. The highest BCUT2D eigenvalue weighted by Crippen LogP contribution is 2.31. The summed E-state index contributed by atoms with van der Waals surface area (Å²) in [5.74, 6) is -0.984. The molecular weight excluding hydrogens is 514 g/mol. The molecule has 0 radical (unpaired) electrons. The molecule has 7 nitrogen and oxygen atoms in total. The highest BCUT2D eigenvalue weighted by atomic mass is 16.6. The molecule has 1 unspecified atom stereocenters. The number of nitrogens with one attached hydrogen (secondary N) is 1. The molecule has 5 rings (SSSR count). The molecule has 0 aliphatic carbocycles. The van der Waals surface area contributed by atoms with Crippen molar-refractivity contribution in [3.8, 4) is 11.1 Å². The molecule has 41 heavy (non-hydrogen) atoms. The number of hydrogen-bond donors (Lipinski definition) is 2. The highest BCUT2D eigenvalue weighted by molar-refractivity contribution is 5.96. The van der Waals surface area contributed by atoms with E-state index in [2.05, 4.69) is 12.2 Å². The average molecular weight is 548 g/mol. The molecule has 0 saturated carbocycles. The van der Waals surface area contributed by atoms with Crippen molar-refractivity contribution in [3.63, 3.8) is 0 Å². The third kappa shape index (κ3) is 6.30. The summed E-state index contributed by atoms with van der Waals surface area (Å²) in [5, 5.41) is 12.5. The molecule has 0 aliphatic heterocycles. The summed E-state index contributed by atoms with van der Waals surface area (Å²) < 4.78 is 8.11. The molecule has 2 aromatic heterocycles. The number of ether oxygens (including phenoxy) is 1. The second-order valence-corrected chi connectivity index (χ2v) is 10.1. The van der Waals surface area contributed by atoms with Gasteiger partial charge in [0.1, 0.15) is 5.65 Å². The molecule has 0 bridgehead atoms. The molecule has 208 valence electrons. The zero-order valence-electron chi connectivity index (χ0n) is 23.2. The average Bonchev–Trinajstić information content (AvgIpc) is 3.44. The summed E-state index contributed by atoms with van der Waals surface area (Å²) in [4.78, 5) is 29.8. The van der Waals surface area contributed by atoms with Gasteiger partial charge in [0.05, 0.1) is 17.0 Å². The molecule has 2 heterocycles. The van der Waals surface area contributed by atoms with E-state index in [9.17, 15) is 14.7 Å². The van der Waals surface area contributed by atoms with Crippen LogP contribution in [-0.2, 0) is 17.7 Å². The van der Waals surface area contributed by atoms with Crippen LogP contribution in [0.25, 0.3) is 16.8 Å². The number of imidazole rings is 1. The van der Waals surface area contributed by atoms with Gasteiger partial charge >= 0.3 is 12.1 Å². The number of fused-ring (bicyclic) bond motifs is 1. The first-order chi connectivity index (χ1) is 19.9. The molecule has 1 atom stereocenters. The Labute approximate surface area is 239 Å². The van der Waals surface area contributed by atoms with E-state index in [0.717, 1.165) is 58.6 Å². The summed E-state index contributed by atoms with van der Waals surface area (Å²) in [6.07, 6.45) is 3.75. The zero-order chi connectivity index (χ0) is 28.8. The molecule has 0 aliphatic rings. The van der Waals surface area contributed by atoms with E-state index in [4.69, 9.17) is 9.72 Å². The summed E-state index contributed by atoms with van der Waals surface area (Å²) in [6.45, 7) is 4.52. The number of hydrogen-bond acceptors (Lipinski definition) is 4. The quantitative estimate of drug-likeness (QED) is 0.190. The maximum atomic E-state index is 13.1. The van der Waals surface area contributed by atoms with Gasteiger partial charge in [-0.3, -0.25) is 4.40 Å². The fraction of sp³-hybridized carbons (Fsp3) is 0.206. The van der Waals surface area contributed by atoms with Crippen molar-refractivity contribution < 1.29 is 19.4 Å². The Hall–Kier alpha value is -4.91. The Morgan fingerprint density at radius 3 is 2.41 bits per heavy atom. The number of unbranched alkanes of at least 4 members (excludes halogenated alkanes) is 1. The van der Waals surface area contributed by atoms with Crippen LogP contribution >= 0.6 is 0 Å². The van der Waals surface area contributed by atoms with E-state index in [1.807, 2.05) is 90.3 Å². The number of nitrogens with zero attached hydrogens (tertiary/aromatic N) is 2. The molecule has 1 amide bonds. The van der Waals surface area contributed by atoms with Crippen LogP contribution in [0.15, 0.2) is 97.2 Å².